The Bertz CT molecular complexity index is 597. The van der Waals surface area contributed by atoms with Gasteiger partial charge < -0.3 is 10.4 Å². The molecular formula is C13H19N5O2. The van der Waals surface area contributed by atoms with Gasteiger partial charge in [0.1, 0.15) is 0 Å². The number of hydrogen-bond donors (Lipinski definition) is 3. The number of anilines is 1. The normalized spacial score (nSPS) is 13.9. The first-order valence-electron chi connectivity index (χ1n) is 6.58. The van der Waals surface area contributed by atoms with Crippen molar-refractivity contribution in [2.45, 2.75) is 32.2 Å². The molecule has 2 heterocycles. The number of fused-ring (bicyclic) bond motifs is 1. The molecule has 0 aliphatic carbocycles. The van der Waals surface area contributed by atoms with Crippen LogP contribution >= 0.6 is 0 Å². The van der Waals surface area contributed by atoms with Crippen molar-refractivity contribution in [2.24, 2.45) is 0 Å². The molecule has 2 amide bonds. The molecule has 2 aromatic rings. The van der Waals surface area contributed by atoms with Crippen LogP contribution in [0.5, 0.6) is 0 Å². The summed E-state index contributed by atoms with van der Waals surface area (Å²) in [6.45, 7) is 3.88. The van der Waals surface area contributed by atoms with Crippen LogP contribution in [0.25, 0.3) is 5.65 Å². The van der Waals surface area contributed by atoms with Crippen LogP contribution < -0.4 is 10.6 Å². The maximum absolute atomic E-state index is 12.0. The van der Waals surface area contributed by atoms with Crippen LogP contribution in [0.3, 0.4) is 0 Å². The highest BCUT2D eigenvalue weighted by Crippen LogP contribution is 2.14. The molecular weight excluding hydrogens is 258 g/mol. The number of hydrogen-bond acceptors (Lipinski definition) is 4. The number of amides is 2. The molecule has 3 N–H and O–H groups in total. The van der Waals surface area contributed by atoms with Crippen molar-refractivity contribution in [2.75, 3.05) is 11.9 Å². The number of rotatable bonds is 5. The number of carbonyl (C=O) groups excluding carboxylic acids is 1. The average molecular weight is 277 g/mol. The molecule has 0 saturated carbocycles. The van der Waals surface area contributed by atoms with E-state index in [9.17, 15) is 4.79 Å². The summed E-state index contributed by atoms with van der Waals surface area (Å²) in [4.78, 5) is 12.0. The van der Waals surface area contributed by atoms with Crippen LogP contribution in [0.4, 0.5) is 10.7 Å². The largest absolute Gasteiger partial charge is 0.396 e. The van der Waals surface area contributed by atoms with Crippen molar-refractivity contribution in [3.63, 3.8) is 0 Å². The van der Waals surface area contributed by atoms with E-state index < -0.39 is 5.54 Å². The lowest BCUT2D eigenvalue weighted by molar-refractivity contribution is 0.208. The molecule has 2 aromatic heterocycles. The Morgan fingerprint density at radius 1 is 1.45 bits per heavy atom. The average Bonchev–Trinajstić information content (AvgIpc) is 2.82. The minimum absolute atomic E-state index is 0.0263. The van der Waals surface area contributed by atoms with E-state index in [2.05, 4.69) is 20.8 Å². The third-order valence-corrected chi connectivity index (χ3v) is 3.40. The van der Waals surface area contributed by atoms with Crippen LogP contribution in [0.1, 0.15) is 26.7 Å². The third-order valence-electron chi connectivity index (χ3n) is 3.40. The standard InChI is InChI=1S/C13H19N5O2/c1-3-13(2,7-9-19)15-12(20)14-11-17-16-10-6-4-5-8-18(10)11/h4-6,8,19H,3,7,9H2,1-2H3,(H2,14,15,17,20). The fourth-order valence-electron chi connectivity index (χ4n) is 1.91. The lowest BCUT2D eigenvalue weighted by atomic mass is 9.95. The second kappa shape index (κ2) is 5.87. The summed E-state index contributed by atoms with van der Waals surface area (Å²) in [6.07, 6.45) is 3.00. The van der Waals surface area contributed by atoms with Crippen LogP contribution in [-0.2, 0) is 0 Å². The molecule has 0 aliphatic rings. The fourth-order valence-corrected chi connectivity index (χ4v) is 1.91. The molecule has 108 valence electrons. The van der Waals surface area contributed by atoms with Crippen LogP contribution in [0.15, 0.2) is 24.4 Å². The molecule has 20 heavy (non-hydrogen) atoms. The van der Waals surface area contributed by atoms with Crippen molar-refractivity contribution in [3.8, 4) is 0 Å². The highest BCUT2D eigenvalue weighted by atomic mass is 16.3. The van der Waals surface area contributed by atoms with Crippen molar-refractivity contribution < 1.29 is 9.90 Å². The molecule has 0 radical (unpaired) electrons. The van der Waals surface area contributed by atoms with Gasteiger partial charge in [-0.2, -0.15) is 0 Å². The first kappa shape index (κ1) is 14.3. The molecule has 0 aromatic carbocycles. The van der Waals surface area contributed by atoms with E-state index in [4.69, 9.17) is 5.11 Å². The molecule has 1 atom stereocenters. The molecule has 2 rings (SSSR count). The maximum Gasteiger partial charge on any atom is 0.322 e. The molecule has 0 saturated heterocycles. The molecule has 1 unspecified atom stereocenters. The lowest BCUT2D eigenvalue weighted by Crippen LogP contribution is -2.48. The topological polar surface area (TPSA) is 91.5 Å². The molecule has 7 heteroatoms. The van der Waals surface area contributed by atoms with Gasteiger partial charge in [0.15, 0.2) is 5.65 Å². The quantitative estimate of drug-likeness (QED) is 0.770. The van der Waals surface area contributed by atoms with Crippen LogP contribution in [0, 0.1) is 0 Å². The number of urea groups is 1. The minimum atomic E-state index is -0.445. The van der Waals surface area contributed by atoms with Gasteiger partial charge in [-0.05, 0) is 31.9 Å². The Hall–Kier alpha value is -2.15. The third kappa shape index (κ3) is 3.05. The number of pyridine rings is 1. The fraction of sp³-hybridized carbons (Fsp3) is 0.462. The van der Waals surface area contributed by atoms with Gasteiger partial charge in [-0.15, -0.1) is 10.2 Å². The van der Waals surface area contributed by atoms with E-state index in [1.807, 2.05) is 26.0 Å². The smallest absolute Gasteiger partial charge is 0.322 e. The monoisotopic (exact) mass is 277 g/mol. The van der Waals surface area contributed by atoms with Crippen molar-refractivity contribution in [1.29, 1.82) is 0 Å². The highest BCUT2D eigenvalue weighted by Gasteiger charge is 2.24. The second-order valence-corrected chi connectivity index (χ2v) is 4.92. The van der Waals surface area contributed by atoms with Crippen molar-refractivity contribution in [1.82, 2.24) is 19.9 Å². The lowest BCUT2D eigenvalue weighted by Gasteiger charge is -2.28. The Morgan fingerprint density at radius 3 is 2.95 bits per heavy atom. The van der Waals surface area contributed by atoms with Gasteiger partial charge in [-0.1, -0.05) is 13.0 Å². The van der Waals surface area contributed by atoms with Crippen LogP contribution in [-0.4, -0.2) is 37.9 Å². The summed E-state index contributed by atoms with van der Waals surface area (Å²) < 4.78 is 1.69. The molecule has 0 aliphatic heterocycles. The number of nitrogens with zero attached hydrogens (tertiary/aromatic N) is 3. The molecule has 0 bridgehead atoms. The number of aromatic nitrogens is 3. The SMILES string of the molecule is CCC(C)(CCO)NC(=O)Nc1nnc2ccccn12. The van der Waals surface area contributed by atoms with Gasteiger partial charge in [-0.3, -0.25) is 9.72 Å². The number of carbonyl (C=O) groups is 1. The number of nitrogens with one attached hydrogen (secondary N) is 2. The zero-order chi connectivity index (χ0) is 14.6. The summed E-state index contributed by atoms with van der Waals surface area (Å²) in [5, 5.41) is 22.5. The van der Waals surface area contributed by atoms with E-state index in [0.717, 1.165) is 6.42 Å². The Labute approximate surface area is 117 Å². The predicted octanol–water partition coefficient (Wildman–Crippen LogP) is 1.40. The van der Waals surface area contributed by atoms with E-state index >= 15 is 0 Å². The van der Waals surface area contributed by atoms with Crippen LogP contribution in [0.2, 0.25) is 0 Å². The zero-order valence-corrected chi connectivity index (χ0v) is 11.6. The number of aliphatic hydroxyl groups is 1. The van der Waals surface area contributed by atoms with Gasteiger partial charge in [0.05, 0.1) is 0 Å². The summed E-state index contributed by atoms with van der Waals surface area (Å²) in [7, 11) is 0. The van der Waals surface area contributed by atoms with Gasteiger partial charge in [-0.25, -0.2) is 4.79 Å². The van der Waals surface area contributed by atoms with E-state index in [-0.39, 0.29) is 12.6 Å². The summed E-state index contributed by atoms with van der Waals surface area (Å²) in [5.41, 5.74) is 0.218. The molecule has 0 spiro atoms. The molecule has 0 fully saturated rings. The minimum Gasteiger partial charge on any atom is -0.396 e. The van der Waals surface area contributed by atoms with Gasteiger partial charge >= 0.3 is 6.03 Å². The summed E-state index contributed by atoms with van der Waals surface area (Å²) >= 11 is 0. The van der Waals surface area contributed by atoms with E-state index in [0.29, 0.717) is 18.0 Å². The second-order valence-electron chi connectivity index (χ2n) is 4.92. The first-order valence-corrected chi connectivity index (χ1v) is 6.58. The maximum atomic E-state index is 12.0. The highest BCUT2D eigenvalue weighted by molar-refractivity contribution is 5.88. The van der Waals surface area contributed by atoms with Crippen molar-refractivity contribution >= 4 is 17.6 Å². The van der Waals surface area contributed by atoms with E-state index in [1.54, 1.807) is 16.7 Å². The van der Waals surface area contributed by atoms with Gasteiger partial charge in [0.2, 0.25) is 5.95 Å². The Morgan fingerprint density at radius 2 is 2.25 bits per heavy atom. The first-order chi connectivity index (χ1) is 9.58. The summed E-state index contributed by atoms with van der Waals surface area (Å²) in [6, 6.07) is 5.13. The Kier molecular flexibility index (Phi) is 4.19. The van der Waals surface area contributed by atoms with Crippen molar-refractivity contribution in [3.05, 3.63) is 24.4 Å². The zero-order valence-electron chi connectivity index (χ0n) is 11.6. The predicted molar refractivity (Wildman–Crippen MR) is 75.5 cm³/mol. The van der Waals surface area contributed by atoms with Gasteiger partial charge in [0.25, 0.3) is 0 Å². The Balaban J connectivity index is 2.08. The number of aliphatic hydroxyl groups excluding tert-OH is 1. The van der Waals surface area contributed by atoms with Gasteiger partial charge in [0, 0.05) is 18.3 Å². The summed E-state index contributed by atoms with van der Waals surface area (Å²) in [5.74, 6) is 0.362. The van der Waals surface area contributed by atoms with E-state index in [1.165, 1.54) is 0 Å². The molecule has 7 nitrogen and oxygen atoms in total.